The second-order valence-electron chi connectivity index (χ2n) is 6.18. The van der Waals surface area contributed by atoms with Crippen LogP contribution in [0.4, 0.5) is 10.5 Å². The molecule has 0 saturated carbocycles. The summed E-state index contributed by atoms with van der Waals surface area (Å²) in [6, 6.07) is 23.4. The maximum absolute atomic E-state index is 12.1. The fourth-order valence-corrected chi connectivity index (χ4v) is 3.43. The molecule has 3 aromatic rings. The lowest BCUT2D eigenvalue weighted by molar-refractivity contribution is 0.0586. The van der Waals surface area contributed by atoms with Gasteiger partial charge in [0.1, 0.15) is 0 Å². The van der Waals surface area contributed by atoms with Crippen LogP contribution in [0.2, 0.25) is 5.02 Å². The van der Waals surface area contributed by atoms with Gasteiger partial charge >= 0.3 is 6.09 Å². The van der Waals surface area contributed by atoms with Gasteiger partial charge in [-0.15, -0.1) is 0 Å². The van der Waals surface area contributed by atoms with Gasteiger partial charge in [-0.1, -0.05) is 60.1 Å². The number of carbonyl (C=O) groups is 1. The second-order valence-corrected chi connectivity index (χ2v) is 6.62. The van der Waals surface area contributed by atoms with Crippen molar-refractivity contribution in [3.8, 4) is 11.1 Å². The molecule has 0 spiro atoms. The largest absolute Gasteiger partial charge is 0.433 e. The molecule has 0 radical (unpaired) electrons. The van der Waals surface area contributed by atoms with Crippen molar-refractivity contribution in [2.45, 2.75) is 12.5 Å². The van der Waals surface area contributed by atoms with Crippen molar-refractivity contribution in [3.05, 3.63) is 88.9 Å². The minimum absolute atomic E-state index is 0.450. The van der Waals surface area contributed by atoms with Crippen molar-refractivity contribution in [2.75, 3.05) is 5.32 Å². The zero-order chi connectivity index (χ0) is 17.4. The first kappa shape index (κ1) is 15.7. The molecule has 0 aromatic heterocycles. The fourth-order valence-electron chi connectivity index (χ4n) is 3.24. The molecule has 0 saturated heterocycles. The van der Waals surface area contributed by atoms with Crippen LogP contribution >= 0.6 is 11.6 Å². The smallest absolute Gasteiger partial charge is 0.412 e. The summed E-state index contributed by atoms with van der Waals surface area (Å²) >= 11 is 6.13. The average molecular weight is 350 g/mol. The number of nitrogens with one attached hydrogen (secondary N) is 1. The molecule has 25 heavy (non-hydrogen) atoms. The van der Waals surface area contributed by atoms with Gasteiger partial charge in [0.25, 0.3) is 0 Å². The monoisotopic (exact) mass is 349 g/mol. The molecule has 4 heteroatoms. The summed E-state index contributed by atoms with van der Waals surface area (Å²) in [6.45, 7) is 1.92. The van der Waals surface area contributed by atoms with Crippen molar-refractivity contribution in [1.82, 2.24) is 0 Å². The van der Waals surface area contributed by atoms with Gasteiger partial charge in [-0.2, -0.15) is 0 Å². The molecule has 124 valence electrons. The summed E-state index contributed by atoms with van der Waals surface area (Å²) < 4.78 is 5.72. The predicted molar refractivity (Wildman–Crippen MR) is 99.9 cm³/mol. The number of cyclic esters (lactones) is 1. The number of anilines is 1. The van der Waals surface area contributed by atoms with Gasteiger partial charge in [0, 0.05) is 10.6 Å². The van der Waals surface area contributed by atoms with E-state index in [2.05, 4.69) is 5.32 Å². The van der Waals surface area contributed by atoms with E-state index in [4.69, 9.17) is 16.3 Å². The molecule has 4 rings (SSSR count). The van der Waals surface area contributed by atoms with Gasteiger partial charge < -0.3 is 4.74 Å². The van der Waals surface area contributed by atoms with Crippen molar-refractivity contribution >= 4 is 23.4 Å². The van der Waals surface area contributed by atoms with Crippen LogP contribution in [-0.4, -0.2) is 6.09 Å². The van der Waals surface area contributed by atoms with Crippen molar-refractivity contribution < 1.29 is 9.53 Å². The number of ether oxygens (including phenoxy) is 1. The average Bonchev–Trinajstić information content (AvgIpc) is 2.62. The van der Waals surface area contributed by atoms with Crippen LogP contribution in [0.15, 0.2) is 72.8 Å². The molecule has 0 fully saturated rings. The van der Waals surface area contributed by atoms with E-state index < -0.39 is 11.7 Å². The number of hydrogen-bond donors (Lipinski definition) is 1. The number of hydrogen-bond acceptors (Lipinski definition) is 2. The normalized spacial score (nSPS) is 18.9. The second kappa shape index (κ2) is 5.94. The molecule has 1 atom stereocenters. The van der Waals surface area contributed by atoms with Crippen LogP contribution in [0.3, 0.4) is 0 Å². The number of fused-ring (bicyclic) bond motifs is 1. The molecule has 3 aromatic carbocycles. The molecule has 0 aliphatic carbocycles. The van der Waals surface area contributed by atoms with Crippen LogP contribution in [0.5, 0.6) is 0 Å². The fraction of sp³-hybridized carbons (Fsp3) is 0.0952. The molecule has 1 N–H and O–H groups in total. The highest BCUT2D eigenvalue weighted by atomic mass is 35.5. The third-order valence-electron chi connectivity index (χ3n) is 4.55. The van der Waals surface area contributed by atoms with E-state index in [-0.39, 0.29) is 0 Å². The topological polar surface area (TPSA) is 38.3 Å². The molecule has 1 amide bonds. The number of amides is 1. The lowest BCUT2D eigenvalue weighted by Crippen LogP contribution is -2.38. The first-order valence-corrected chi connectivity index (χ1v) is 8.40. The van der Waals surface area contributed by atoms with Crippen LogP contribution in [-0.2, 0) is 10.3 Å². The number of rotatable bonds is 2. The first-order valence-electron chi connectivity index (χ1n) is 8.02. The SMILES string of the molecule is CC1(c2ccccc2)OC(=O)Nc2ccc(-c3cccc(Cl)c3)cc21. The Hall–Kier alpha value is -2.78. The maximum Gasteiger partial charge on any atom is 0.412 e. The van der Waals surface area contributed by atoms with Gasteiger partial charge in [-0.25, -0.2) is 4.79 Å². The Balaban J connectivity index is 1.89. The minimum Gasteiger partial charge on any atom is -0.433 e. The quantitative estimate of drug-likeness (QED) is 0.631. The Morgan fingerprint density at radius 1 is 0.920 bits per heavy atom. The standard InChI is InChI=1S/C21H16ClNO2/c1-21(16-7-3-2-4-8-16)18-13-15(14-6-5-9-17(22)12-14)10-11-19(18)23-20(24)25-21/h2-13H,1H3,(H,23,24). The van der Waals surface area contributed by atoms with E-state index >= 15 is 0 Å². The number of halogens is 1. The van der Waals surface area contributed by atoms with Gasteiger partial charge in [0.05, 0.1) is 5.69 Å². The van der Waals surface area contributed by atoms with Gasteiger partial charge in [0.15, 0.2) is 5.60 Å². The molecular weight excluding hydrogens is 334 g/mol. The highest BCUT2D eigenvalue weighted by Crippen LogP contribution is 2.42. The molecular formula is C21H16ClNO2. The molecule has 1 aliphatic rings. The highest BCUT2D eigenvalue weighted by molar-refractivity contribution is 6.30. The Morgan fingerprint density at radius 2 is 1.68 bits per heavy atom. The van der Waals surface area contributed by atoms with Crippen molar-refractivity contribution in [3.63, 3.8) is 0 Å². The summed E-state index contributed by atoms with van der Waals surface area (Å²) in [5, 5.41) is 3.47. The van der Waals surface area contributed by atoms with Gasteiger partial charge in [-0.05, 0) is 47.9 Å². The summed E-state index contributed by atoms with van der Waals surface area (Å²) in [6.07, 6.45) is -0.450. The molecule has 1 aliphatic heterocycles. The molecule has 0 bridgehead atoms. The van der Waals surface area contributed by atoms with E-state index in [0.29, 0.717) is 5.02 Å². The zero-order valence-electron chi connectivity index (χ0n) is 13.6. The molecule has 1 unspecified atom stereocenters. The zero-order valence-corrected chi connectivity index (χ0v) is 14.4. The van der Waals surface area contributed by atoms with E-state index in [0.717, 1.165) is 27.9 Å². The summed E-state index contributed by atoms with van der Waals surface area (Å²) in [4.78, 5) is 12.1. The number of benzene rings is 3. The van der Waals surface area contributed by atoms with Gasteiger partial charge in [-0.3, -0.25) is 5.32 Å². The van der Waals surface area contributed by atoms with Gasteiger partial charge in [0.2, 0.25) is 0 Å². The Kier molecular flexibility index (Phi) is 3.74. The lowest BCUT2D eigenvalue weighted by atomic mass is 9.84. The summed E-state index contributed by atoms with van der Waals surface area (Å²) in [5.41, 5.74) is 3.78. The molecule has 3 nitrogen and oxygen atoms in total. The van der Waals surface area contributed by atoms with Crippen molar-refractivity contribution in [1.29, 1.82) is 0 Å². The Bertz CT molecular complexity index is 955. The van der Waals surface area contributed by atoms with E-state index in [9.17, 15) is 4.79 Å². The predicted octanol–water partition coefficient (Wildman–Crippen LogP) is 5.83. The van der Waals surface area contributed by atoms with Crippen LogP contribution < -0.4 is 5.32 Å². The Morgan fingerprint density at radius 3 is 2.44 bits per heavy atom. The lowest BCUT2D eigenvalue weighted by Gasteiger charge is -2.36. The third-order valence-corrected chi connectivity index (χ3v) is 4.78. The van der Waals surface area contributed by atoms with E-state index in [1.165, 1.54) is 0 Å². The summed E-state index contributed by atoms with van der Waals surface area (Å²) in [5.74, 6) is 0. The Labute approximate surface area is 151 Å². The third kappa shape index (κ3) is 2.77. The number of carbonyl (C=O) groups excluding carboxylic acids is 1. The van der Waals surface area contributed by atoms with Crippen LogP contribution in [0.1, 0.15) is 18.1 Å². The maximum atomic E-state index is 12.1. The minimum atomic E-state index is -0.854. The van der Waals surface area contributed by atoms with Crippen LogP contribution in [0, 0.1) is 0 Å². The summed E-state index contributed by atoms with van der Waals surface area (Å²) in [7, 11) is 0. The van der Waals surface area contributed by atoms with Crippen molar-refractivity contribution in [2.24, 2.45) is 0 Å². The first-order chi connectivity index (χ1) is 12.1. The van der Waals surface area contributed by atoms with E-state index in [1.54, 1.807) is 0 Å². The highest BCUT2D eigenvalue weighted by Gasteiger charge is 2.39. The van der Waals surface area contributed by atoms with Crippen LogP contribution in [0.25, 0.3) is 11.1 Å². The molecule has 1 heterocycles. The van der Waals surface area contributed by atoms with E-state index in [1.807, 2.05) is 79.7 Å².